The Hall–Kier alpha value is -2.68. The number of rotatable bonds is 7. The molecule has 4 aromatic rings. The van der Waals surface area contributed by atoms with Gasteiger partial charge in [0.1, 0.15) is 0 Å². The van der Waals surface area contributed by atoms with Crippen molar-refractivity contribution < 1.29 is 4.79 Å². The highest BCUT2D eigenvalue weighted by Crippen LogP contribution is 2.31. The van der Waals surface area contributed by atoms with Gasteiger partial charge in [0.15, 0.2) is 10.3 Å². The van der Waals surface area contributed by atoms with Crippen molar-refractivity contribution in [1.29, 1.82) is 0 Å². The summed E-state index contributed by atoms with van der Waals surface area (Å²) < 4.78 is 1.72. The molecule has 0 bridgehead atoms. The molecule has 1 amide bonds. The van der Waals surface area contributed by atoms with Gasteiger partial charge in [-0.05, 0) is 36.2 Å². The first-order valence-electron chi connectivity index (χ1n) is 10.5. The molecule has 2 aromatic heterocycles. The van der Waals surface area contributed by atoms with Crippen molar-refractivity contribution in [2.24, 2.45) is 5.92 Å². The van der Waals surface area contributed by atoms with Gasteiger partial charge in [0, 0.05) is 29.6 Å². The number of fused-ring (bicyclic) bond motifs is 1. The molecule has 0 atom stereocenters. The van der Waals surface area contributed by atoms with Gasteiger partial charge in [-0.15, -0.1) is 11.3 Å². The molecule has 2 aromatic carbocycles. The Labute approximate surface area is 205 Å². The van der Waals surface area contributed by atoms with Gasteiger partial charge in [-0.3, -0.25) is 19.1 Å². The van der Waals surface area contributed by atoms with Gasteiger partial charge in [-0.1, -0.05) is 55.4 Å². The molecular weight excluding hydrogens is 476 g/mol. The highest BCUT2D eigenvalue weighted by molar-refractivity contribution is 7.98. The van der Waals surface area contributed by atoms with E-state index in [0.29, 0.717) is 38.5 Å². The molecule has 9 heteroatoms. The monoisotopic (exact) mass is 498 g/mol. The van der Waals surface area contributed by atoms with Crippen LogP contribution in [0.5, 0.6) is 0 Å². The van der Waals surface area contributed by atoms with E-state index in [0.717, 1.165) is 11.4 Å². The number of hydrogen-bond donors (Lipinski definition) is 0. The van der Waals surface area contributed by atoms with E-state index in [9.17, 15) is 9.59 Å². The average Bonchev–Trinajstić information content (AvgIpc) is 3.23. The Bertz CT molecular complexity index is 1350. The predicted octanol–water partition coefficient (Wildman–Crippen LogP) is 6.14. The second-order valence-corrected chi connectivity index (χ2v) is 10.2. The number of carbonyl (C=O) groups excluding carboxylic acids is 1. The van der Waals surface area contributed by atoms with E-state index in [4.69, 9.17) is 16.6 Å². The van der Waals surface area contributed by atoms with Gasteiger partial charge < -0.3 is 0 Å². The first-order chi connectivity index (χ1) is 15.8. The lowest BCUT2D eigenvalue weighted by Gasteiger charge is -2.17. The summed E-state index contributed by atoms with van der Waals surface area (Å²) in [6, 6.07) is 14.6. The molecule has 4 rings (SSSR count). The molecule has 0 aliphatic rings. The maximum Gasteiger partial charge on any atom is 0.262 e. The third kappa shape index (κ3) is 5.29. The number of thiazole rings is 1. The average molecular weight is 499 g/mol. The molecule has 0 saturated carbocycles. The number of thioether (sulfide) groups is 1. The fourth-order valence-corrected chi connectivity index (χ4v) is 5.48. The number of para-hydroxylation sites is 1. The van der Waals surface area contributed by atoms with Crippen LogP contribution in [-0.4, -0.2) is 20.4 Å². The molecule has 6 nitrogen and oxygen atoms in total. The standard InChI is InChI=1S/C24H23ClN4O2S2/c1-15(2)12-28-22(31)20-11-17(25)9-10-21(20)27-23(28)32-13-18-14-33-24(26-18)29(16(3)30)19-7-5-4-6-8-19/h4-11,14-15H,12-13H2,1-3H3. The van der Waals surface area contributed by atoms with E-state index in [1.54, 1.807) is 27.7 Å². The minimum Gasteiger partial charge on any atom is -0.287 e. The first-order valence-corrected chi connectivity index (χ1v) is 12.7. The Morgan fingerprint density at radius 2 is 1.94 bits per heavy atom. The number of aromatic nitrogens is 3. The molecule has 0 aliphatic carbocycles. The molecule has 2 heterocycles. The number of amides is 1. The zero-order valence-electron chi connectivity index (χ0n) is 18.5. The lowest BCUT2D eigenvalue weighted by Crippen LogP contribution is -2.25. The van der Waals surface area contributed by atoms with Gasteiger partial charge in [-0.2, -0.15) is 0 Å². The minimum atomic E-state index is -0.101. The third-order valence-electron chi connectivity index (χ3n) is 4.84. The molecule has 33 heavy (non-hydrogen) atoms. The molecule has 0 unspecified atom stereocenters. The van der Waals surface area contributed by atoms with Crippen LogP contribution in [-0.2, 0) is 17.1 Å². The topological polar surface area (TPSA) is 68.1 Å². The van der Waals surface area contributed by atoms with Crippen molar-refractivity contribution in [3.8, 4) is 0 Å². The van der Waals surface area contributed by atoms with Gasteiger partial charge in [0.05, 0.1) is 22.3 Å². The van der Waals surface area contributed by atoms with E-state index in [-0.39, 0.29) is 17.4 Å². The molecule has 0 N–H and O–H groups in total. The van der Waals surface area contributed by atoms with Crippen LogP contribution in [0.2, 0.25) is 5.02 Å². The van der Waals surface area contributed by atoms with E-state index < -0.39 is 0 Å². The second kappa shape index (κ2) is 10.1. The van der Waals surface area contributed by atoms with E-state index in [2.05, 4.69) is 18.8 Å². The van der Waals surface area contributed by atoms with Crippen LogP contribution < -0.4 is 10.5 Å². The van der Waals surface area contributed by atoms with Crippen molar-refractivity contribution >= 4 is 62.3 Å². The first kappa shape index (κ1) is 23.5. The Kier molecular flexibility index (Phi) is 7.17. The molecule has 0 fully saturated rings. The molecule has 0 saturated heterocycles. The van der Waals surface area contributed by atoms with Crippen molar-refractivity contribution in [2.75, 3.05) is 4.90 Å². The highest BCUT2D eigenvalue weighted by Gasteiger charge is 2.19. The molecule has 170 valence electrons. The Morgan fingerprint density at radius 3 is 2.64 bits per heavy atom. The van der Waals surface area contributed by atoms with Crippen LogP contribution >= 0.6 is 34.7 Å². The van der Waals surface area contributed by atoms with Crippen molar-refractivity contribution in [3.05, 3.63) is 75.0 Å². The third-order valence-corrected chi connectivity index (χ3v) is 6.96. The molecule has 0 radical (unpaired) electrons. The summed E-state index contributed by atoms with van der Waals surface area (Å²) in [6.07, 6.45) is 0. The number of nitrogens with zero attached hydrogens (tertiary/aromatic N) is 4. The number of benzene rings is 2. The molecular formula is C24H23ClN4O2S2. The Morgan fingerprint density at radius 1 is 1.18 bits per heavy atom. The number of carbonyl (C=O) groups is 1. The number of hydrogen-bond acceptors (Lipinski definition) is 6. The smallest absolute Gasteiger partial charge is 0.262 e. The van der Waals surface area contributed by atoms with Crippen molar-refractivity contribution in [2.45, 2.75) is 38.2 Å². The van der Waals surface area contributed by atoms with Gasteiger partial charge in [0.2, 0.25) is 5.91 Å². The van der Waals surface area contributed by atoms with Gasteiger partial charge in [-0.25, -0.2) is 9.97 Å². The predicted molar refractivity (Wildman–Crippen MR) is 137 cm³/mol. The van der Waals surface area contributed by atoms with Crippen LogP contribution in [0.15, 0.2) is 63.9 Å². The number of anilines is 2. The molecule has 0 spiro atoms. The lowest BCUT2D eigenvalue weighted by atomic mass is 10.2. The summed E-state index contributed by atoms with van der Waals surface area (Å²) in [5, 5.41) is 4.23. The summed E-state index contributed by atoms with van der Waals surface area (Å²) in [5.74, 6) is 0.706. The normalized spacial score (nSPS) is 11.3. The van der Waals surface area contributed by atoms with Crippen molar-refractivity contribution in [1.82, 2.24) is 14.5 Å². The summed E-state index contributed by atoms with van der Waals surface area (Å²) in [6.45, 7) is 6.22. The fraction of sp³-hybridized carbons (Fsp3) is 0.250. The van der Waals surface area contributed by atoms with E-state index >= 15 is 0 Å². The van der Waals surface area contributed by atoms with Crippen LogP contribution in [0.25, 0.3) is 10.9 Å². The van der Waals surface area contributed by atoms with Gasteiger partial charge >= 0.3 is 0 Å². The van der Waals surface area contributed by atoms with Crippen LogP contribution in [0.4, 0.5) is 10.8 Å². The van der Waals surface area contributed by atoms with Crippen molar-refractivity contribution in [3.63, 3.8) is 0 Å². The maximum absolute atomic E-state index is 13.2. The van der Waals surface area contributed by atoms with Crippen LogP contribution in [0.1, 0.15) is 26.5 Å². The maximum atomic E-state index is 13.2. The highest BCUT2D eigenvalue weighted by atomic mass is 35.5. The minimum absolute atomic E-state index is 0.0931. The Balaban J connectivity index is 1.63. The van der Waals surface area contributed by atoms with Crippen LogP contribution in [0.3, 0.4) is 0 Å². The van der Waals surface area contributed by atoms with E-state index in [1.165, 1.54) is 30.0 Å². The van der Waals surface area contributed by atoms with E-state index in [1.807, 2.05) is 35.7 Å². The zero-order chi connectivity index (χ0) is 23.5. The second-order valence-electron chi connectivity index (χ2n) is 7.97. The fourth-order valence-electron chi connectivity index (χ4n) is 3.42. The summed E-state index contributed by atoms with van der Waals surface area (Å²) in [4.78, 5) is 36.5. The zero-order valence-corrected chi connectivity index (χ0v) is 20.9. The lowest BCUT2D eigenvalue weighted by molar-refractivity contribution is -0.115. The summed E-state index contributed by atoms with van der Waals surface area (Å²) >= 11 is 8.99. The SMILES string of the molecule is CC(=O)N(c1ccccc1)c1nc(CSc2nc3ccc(Cl)cc3c(=O)n2CC(C)C)cs1. The van der Waals surface area contributed by atoms with Crippen LogP contribution in [0, 0.1) is 5.92 Å². The quantitative estimate of drug-likeness (QED) is 0.226. The molecule has 0 aliphatic heterocycles. The number of halogens is 1. The summed E-state index contributed by atoms with van der Waals surface area (Å²) in [7, 11) is 0. The van der Waals surface area contributed by atoms with Gasteiger partial charge in [0.25, 0.3) is 5.56 Å². The summed E-state index contributed by atoms with van der Waals surface area (Å²) in [5.41, 5.74) is 2.13. The largest absolute Gasteiger partial charge is 0.287 e.